The summed E-state index contributed by atoms with van der Waals surface area (Å²) >= 11 is 0. The van der Waals surface area contributed by atoms with Gasteiger partial charge in [-0.1, -0.05) is 64.7 Å². The minimum Gasteiger partial charge on any atom is -0.355 e. The molecule has 780 valence electrons. The Bertz CT molecular complexity index is 4130. The SMILES string of the molecule is CCCCCCCCCCCCNC(=O)CN(C)C(=O)CN(C)C(=O)CN(C)C(=O)CN(C)C(=O)CN(C)C(=O)CN(C)C(=O)CN(C)C(=O)CN(C)C(=O)CN(C)C(=O)CN(C)C(=O)CN(C)C(=O)CN(C)C(=O)CN(C)C(=O)CN(C)C(=O)CN(C)C(=O)CN(C)C(=O)CN(C)C(=O)CN(C)C(=O)CN(C)C(=O)CN(C)C(=O)CN(C)C(=O)CN(C)C(=O)CN(C)C(=O)CN(C)C(=O)CNC. The lowest BCUT2D eigenvalue weighted by Crippen LogP contribution is -2.50. The number of carbonyl (C=O) groups excluding carboxylic acids is 25. The van der Waals surface area contributed by atoms with Crippen molar-refractivity contribution < 1.29 is 120 Å². The Balaban J connectivity index is 5.03. The maximum atomic E-state index is 13.2. The molecule has 0 bridgehead atoms. The normalized spacial score (nSPS) is 10.6. The predicted octanol–water partition coefficient (Wildman–Crippen LogP) is -9.76. The fourth-order valence-corrected chi connectivity index (χ4v) is 12.0. The number of nitrogens with zero attached hydrogens (tertiary/aromatic N) is 24. The average molecular weight is 1960 g/mol. The van der Waals surface area contributed by atoms with Crippen molar-refractivity contribution in [3.63, 3.8) is 0 Å². The maximum Gasteiger partial charge on any atom is 0.242 e. The first kappa shape index (κ1) is 125. The number of amides is 25. The number of likely N-dealkylation sites (N-methyl/N-ethyl adjacent to an activating group) is 25. The second kappa shape index (κ2) is 63.2. The smallest absolute Gasteiger partial charge is 0.242 e. The minimum atomic E-state index is -0.722. The van der Waals surface area contributed by atoms with Crippen molar-refractivity contribution in [2.24, 2.45) is 0 Å². The molecule has 0 aliphatic rings. The van der Waals surface area contributed by atoms with Crippen LogP contribution in [-0.2, 0) is 120 Å². The first-order valence-electron chi connectivity index (χ1n) is 44.8. The van der Waals surface area contributed by atoms with E-state index < -0.39 is 273 Å². The van der Waals surface area contributed by atoms with E-state index in [0.717, 1.165) is 133 Å². The molecule has 0 saturated heterocycles. The summed E-state index contributed by atoms with van der Waals surface area (Å²) in [4.78, 5) is 351. The molecule has 51 nitrogen and oxygen atoms in total. The maximum absolute atomic E-state index is 13.2. The summed E-state index contributed by atoms with van der Waals surface area (Å²) in [6, 6.07) is 0. The Kier molecular flexibility index (Phi) is 57.1. The molecule has 0 aliphatic heterocycles. The fourth-order valence-electron chi connectivity index (χ4n) is 12.0. The average Bonchev–Trinajstić information content (AvgIpc) is 0.878. The Morgan fingerprint density at radius 3 is 0.362 bits per heavy atom. The third kappa shape index (κ3) is 47.9. The van der Waals surface area contributed by atoms with Crippen molar-refractivity contribution in [1.82, 2.24) is 128 Å². The molecule has 0 spiro atoms. The summed E-state index contributed by atoms with van der Waals surface area (Å²) in [5.41, 5.74) is 0. The standard InChI is InChI=1S/C87H152N26O25/c1-27-28-29-30-31-32-33-34-35-36-37-89-63(114)39-90(3)65(116)41-92(5)67(118)43-94(7)69(120)45-96(9)71(122)47-98(11)73(124)49-100(13)75(126)51-102(15)77(128)53-104(17)79(130)55-106(19)81(132)57-108(21)83(134)59-110(23)85(136)61-112(25)87(138)62-113(26)86(137)60-111(24)84(135)58-109(22)82(133)56-107(20)80(131)54-105(18)78(129)52-103(16)76(127)50-101(14)74(125)48-99(12)72(123)46-97(10)70(121)44-95(8)68(119)42-93(6)66(117)40-91(4)64(115)38-88-2/h88H,27-62H2,1-26H3,(H,89,114). The van der Waals surface area contributed by atoms with Gasteiger partial charge in [0.25, 0.3) is 0 Å². The zero-order valence-electron chi connectivity index (χ0n) is 85.9. The Morgan fingerprint density at radius 1 is 0.145 bits per heavy atom. The van der Waals surface area contributed by atoms with Crippen molar-refractivity contribution in [2.45, 2.75) is 71.1 Å². The second-order valence-corrected chi connectivity index (χ2v) is 35.1. The van der Waals surface area contributed by atoms with Crippen LogP contribution in [0.15, 0.2) is 0 Å². The zero-order valence-corrected chi connectivity index (χ0v) is 85.9. The highest BCUT2D eigenvalue weighted by Crippen LogP contribution is 2.12. The lowest BCUT2D eigenvalue weighted by Gasteiger charge is -2.28. The van der Waals surface area contributed by atoms with Gasteiger partial charge in [-0.2, -0.15) is 0 Å². The van der Waals surface area contributed by atoms with E-state index in [9.17, 15) is 120 Å². The molecule has 0 aromatic heterocycles. The highest BCUT2D eigenvalue weighted by molar-refractivity contribution is 5.99. The Morgan fingerprint density at radius 2 is 0.246 bits per heavy atom. The largest absolute Gasteiger partial charge is 0.355 e. The summed E-state index contributed by atoms with van der Waals surface area (Å²) in [6.07, 6.45) is 11.6. The van der Waals surface area contributed by atoms with Gasteiger partial charge in [-0.3, -0.25) is 120 Å². The number of nitrogens with one attached hydrogen (secondary N) is 2. The number of hydrogen-bond donors (Lipinski definition) is 2. The fraction of sp³-hybridized carbons (Fsp3) is 0.713. The monoisotopic (exact) mass is 1960 g/mol. The molecule has 0 aromatic carbocycles. The van der Waals surface area contributed by atoms with Gasteiger partial charge < -0.3 is 128 Å². The molecule has 0 heterocycles. The van der Waals surface area contributed by atoms with E-state index in [1.165, 1.54) is 217 Å². The molecule has 2 N–H and O–H groups in total. The van der Waals surface area contributed by atoms with Crippen LogP contribution in [0.1, 0.15) is 71.1 Å². The Hall–Kier alpha value is -13.3. The van der Waals surface area contributed by atoms with Crippen LogP contribution in [0, 0.1) is 0 Å². The van der Waals surface area contributed by atoms with Gasteiger partial charge in [0.1, 0.15) is 0 Å². The number of hydrogen-bond acceptors (Lipinski definition) is 26. The van der Waals surface area contributed by atoms with Gasteiger partial charge >= 0.3 is 0 Å². The summed E-state index contributed by atoms with van der Waals surface area (Å²) in [7, 11) is 32.9. The molecule has 0 radical (unpaired) electrons. The van der Waals surface area contributed by atoms with Crippen LogP contribution in [0.25, 0.3) is 0 Å². The molecule has 51 heteroatoms. The molecule has 0 aliphatic carbocycles. The van der Waals surface area contributed by atoms with Gasteiger partial charge in [-0.15, -0.1) is 0 Å². The van der Waals surface area contributed by atoms with Crippen molar-refractivity contribution in [3.8, 4) is 0 Å². The van der Waals surface area contributed by atoms with E-state index in [4.69, 9.17) is 0 Å². The van der Waals surface area contributed by atoms with Crippen molar-refractivity contribution in [1.29, 1.82) is 0 Å². The molecule has 0 saturated carbocycles. The van der Waals surface area contributed by atoms with Crippen molar-refractivity contribution in [2.75, 3.05) is 346 Å². The predicted molar refractivity (Wildman–Crippen MR) is 502 cm³/mol. The third-order valence-corrected chi connectivity index (χ3v) is 22.3. The molecular formula is C87H152N26O25. The third-order valence-electron chi connectivity index (χ3n) is 22.3. The quantitative estimate of drug-likeness (QED) is 0.0534. The van der Waals surface area contributed by atoms with E-state index >= 15 is 0 Å². The lowest BCUT2D eigenvalue weighted by molar-refractivity contribution is -0.147. The van der Waals surface area contributed by atoms with Crippen LogP contribution in [0.4, 0.5) is 0 Å². The Labute approximate surface area is 809 Å². The molecule has 0 aromatic rings. The molecule has 0 atom stereocenters. The van der Waals surface area contributed by atoms with Crippen molar-refractivity contribution >= 4 is 148 Å². The van der Waals surface area contributed by atoms with Crippen LogP contribution in [-0.4, -0.2) is 612 Å². The van der Waals surface area contributed by atoms with Gasteiger partial charge in [0.05, 0.1) is 164 Å². The molecule has 0 rings (SSSR count). The van der Waals surface area contributed by atoms with E-state index in [0.29, 0.717) is 6.54 Å². The second-order valence-electron chi connectivity index (χ2n) is 35.1. The first-order chi connectivity index (χ1) is 64.1. The van der Waals surface area contributed by atoms with E-state index in [2.05, 4.69) is 17.6 Å². The van der Waals surface area contributed by atoms with Gasteiger partial charge in [-0.25, -0.2) is 0 Å². The van der Waals surface area contributed by atoms with Crippen LogP contribution >= 0.6 is 0 Å². The molecule has 0 fully saturated rings. The van der Waals surface area contributed by atoms with Crippen molar-refractivity contribution in [3.05, 3.63) is 0 Å². The number of carbonyl (C=O) groups is 25. The minimum absolute atomic E-state index is 0.00917. The number of rotatable bonds is 61. The summed E-state index contributed by atoms with van der Waals surface area (Å²) in [5, 5.41) is 5.51. The number of unbranched alkanes of at least 4 members (excludes halogenated alkanes) is 9. The highest BCUT2D eigenvalue weighted by atomic mass is 16.2. The van der Waals surface area contributed by atoms with Crippen LogP contribution in [0.3, 0.4) is 0 Å². The molecular weight excluding hydrogens is 1810 g/mol. The van der Waals surface area contributed by atoms with E-state index in [1.807, 2.05) is 0 Å². The molecule has 25 amide bonds. The van der Waals surface area contributed by atoms with Crippen LogP contribution in [0.2, 0.25) is 0 Å². The van der Waals surface area contributed by atoms with Gasteiger partial charge in [0.15, 0.2) is 0 Å². The van der Waals surface area contributed by atoms with Gasteiger partial charge in [-0.05, 0) is 13.5 Å². The lowest BCUT2D eigenvalue weighted by atomic mass is 10.1. The summed E-state index contributed by atoms with van der Waals surface area (Å²) in [5.74, 6) is -16.1. The van der Waals surface area contributed by atoms with Crippen LogP contribution in [0.5, 0.6) is 0 Å². The topological polar surface area (TPSA) is 529 Å². The summed E-state index contributed by atoms with van der Waals surface area (Å²) in [6.45, 7) is -9.16. The van der Waals surface area contributed by atoms with Crippen LogP contribution < -0.4 is 10.6 Å². The zero-order chi connectivity index (χ0) is 106. The molecule has 0 unspecified atom stereocenters. The van der Waals surface area contributed by atoms with Gasteiger partial charge in [0, 0.05) is 176 Å². The highest BCUT2D eigenvalue weighted by Gasteiger charge is 2.33. The molecule has 138 heavy (non-hydrogen) atoms. The van der Waals surface area contributed by atoms with Gasteiger partial charge in [0.2, 0.25) is 148 Å². The van der Waals surface area contributed by atoms with E-state index in [1.54, 1.807) is 7.05 Å². The first-order valence-corrected chi connectivity index (χ1v) is 44.8. The van der Waals surface area contributed by atoms with E-state index in [-0.39, 0.29) is 38.0 Å². The summed E-state index contributed by atoms with van der Waals surface area (Å²) < 4.78 is 0.